The third-order valence-corrected chi connectivity index (χ3v) is 4.39. The Morgan fingerprint density at radius 1 is 1.64 bits per heavy atom. The molecule has 1 fully saturated rings. The van der Waals surface area contributed by atoms with Crippen molar-refractivity contribution in [3.05, 3.63) is 22.4 Å². The van der Waals surface area contributed by atoms with Crippen LogP contribution in [0.2, 0.25) is 0 Å². The maximum Gasteiger partial charge on any atom is 1.00 e. The van der Waals surface area contributed by atoms with Crippen LogP contribution in [0, 0.1) is 0 Å². The number of hydrogen-bond donors (Lipinski definition) is 2. The quantitative estimate of drug-likeness (QED) is 0.184. The SMILES string of the molecule is CON=C(C(=O)NC1CN(S(=O)(=O)O)C1=O)c1cccs1.[H-].[Na+]. The van der Waals surface area contributed by atoms with Crippen LogP contribution in [0.5, 0.6) is 0 Å². The summed E-state index contributed by atoms with van der Waals surface area (Å²) in [6.07, 6.45) is 0. The molecular weight excluding hydrogens is 345 g/mol. The fraction of sp³-hybridized carbons (Fsp3) is 0.300. The summed E-state index contributed by atoms with van der Waals surface area (Å²) < 4.78 is 30.6. The van der Waals surface area contributed by atoms with Crippen LogP contribution in [-0.4, -0.2) is 54.5 Å². The summed E-state index contributed by atoms with van der Waals surface area (Å²) in [7, 11) is -3.30. The normalized spacial score (nSPS) is 18.3. The van der Waals surface area contributed by atoms with E-state index in [9.17, 15) is 18.0 Å². The van der Waals surface area contributed by atoms with Gasteiger partial charge < -0.3 is 11.6 Å². The number of hydrogen-bond acceptors (Lipinski definition) is 7. The van der Waals surface area contributed by atoms with Crippen molar-refractivity contribution in [2.45, 2.75) is 6.04 Å². The smallest absolute Gasteiger partial charge is 1.00 e. The van der Waals surface area contributed by atoms with Crippen molar-refractivity contribution < 1.29 is 58.4 Å². The van der Waals surface area contributed by atoms with Gasteiger partial charge in [0.05, 0.1) is 11.4 Å². The molecule has 2 rings (SSSR count). The molecule has 0 saturated carbocycles. The molecule has 1 unspecified atom stereocenters. The van der Waals surface area contributed by atoms with Crippen molar-refractivity contribution in [2.75, 3.05) is 13.7 Å². The van der Waals surface area contributed by atoms with Crippen LogP contribution in [-0.2, 0) is 24.7 Å². The number of β-lactam (4-membered cyclic amide) rings is 1. The van der Waals surface area contributed by atoms with Gasteiger partial charge in [-0.3, -0.25) is 14.1 Å². The summed E-state index contributed by atoms with van der Waals surface area (Å²) in [6.45, 7) is -0.325. The van der Waals surface area contributed by atoms with Gasteiger partial charge >= 0.3 is 39.9 Å². The van der Waals surface area contributed by atoms with E-state index in [-0.39, 0.29) is 47.5 Å². The number of amides is 2. The Bertz CT molecular complexity index is 693. The Morgan fingerprint density at radius 2 is 2.32 bits per heavy atom. The number of nitrogens with zero attached hydrogens (tertiary/aromatic N) is 2. The van der Waals surface area contributed by atoms with Crippen molar-refractivity contribution in [1.29, 1.82) is 0 Å². The molecule has 1 aromatic heterocycles. The van der Waals surface area contributed by atoms with Gasteiger partial charge in [-0.2, -0.15) is 8.42 Å². The molecular formula is C10H12N3NaO6S2. The second-order valence-corrected chi connectivity index (χ2v) is 6.26. The van der Waals surface area contributed by atoms with Gasteiger partial charge in [0, 0.05) is 0 Å². The van der Waals surface area contributed by atoms with Crippen molar-refractivity contribution in [2.24, 2.45) is 5.16 Å². The molecule has 1 aromatic rings. The van der Waals surface area contributed by atoms with E-state index in [1.165, 1.54) is 18.4 Å². The van der Waals surface area contributed by atoms with Crippen molar-refractivity contribution in [3.63, 3.8) is 0 Å². The number of oxime groups is 1. The molecule has 22 heavy (non-hydrogen) atoms. The topological polar surface area (TPSA) is 125 Å². The van der Waals surface area contributed by atoms with E-state index in [4.69, 9.17) is 4.55 Å². The van der Waals surface area contributed by atoms with E-state index in [0.717, 1.165) is 0 Å². The van der Waals surface area contributed by atoms with Crippen LogP contribution in [0.4, 0.5) is 0 Å². The number of carbonyl (C=O) groups is 2. The Balaban J connectivity index is 0.00000242. The Morgan fingerprint density at radius 3 is 2.77 bits per heavy atom. The average Bonchev–Trinajstić information content (AvgIpc) is 2.91. The summed E-state index contributed by atoms with van der Waals surface area (Å²) in [6, 6.07) is 2.34. The number of thiophene rings is 1. The molecule has 0 aliphatic carbocycles. The minimum Gasteiger partial charge on any atom is -1.00 e. The number of carbonyl (C=O) groups excluding carboxylic acids is 2. The van der Waals surface area contributed by atoms with Gasteiger partial charge in [-0.05, 0) is 11.4 Å². The number of nitrogens with one attached hydrogen (secondary N) is 1. The van der Waals surface area contributed by atoms with Crippen LogP contribution in [0.3, 0.4) is 0 Å². The van der Waals surface area contributed by atoms with Gasteiger partial charge in [0.25, 0.3) is 11.8 Å². The van der Waals surface area contributed by atoms with Gasteiger partial charge in [0.2, 0.25) is 0 Å². The fourth-order valence-corrected chi connectivity index (χ4v) is 3.03. The maximum atomic E-state index is 12.0. The molecule has 0 aromatic carbocycles. The van der Waals surface area contributed by atoms with Gasteiger partial charge in [0.1, 0.15) is 13.2 Å². The van der Waals surface area contributed by atoms with Crippen LogP contribution in [0.25, 0.3) is 0 Å². The van der Waals surface area contributed by atoms with Crippen molar-refractivity contribution in [1.82, 2.24) is 9.62 Å². The molecule has 0 radical (unpaired) electrons. The van der Waals surface area contributed by atoms with Crippen molar-refractivity contribution in [3.8, 4) is 0 Å². The third kappa shape index (κ3) is 4.06. The minimum atomic E-state index is -4.58. The van der Waals surface area contributed by atoms with E-state index in [1.54, 1.807) is 17.5 Å². The van der Waals surface area contributed by atoms with Crippen LogP contribution in [0.15, 0.2) is 22.7 Å². The molecule has 116 valence electrons. The monoisotopic (exact) mass is 357 g/mol. The van der Waals surface area contributed by atoms with Crippen LogP contribution in [0.1, 0.15) is 6.30 Å². The van der Waals surface area contributed by atoms with E-state index in [0.29, 0.717) is 4.88 Å². The van der Waals surface area contributed by atoms with E-state index in [1.807, 2.05) is 0 Å². The van der Waals surface area contributed by atoms with Gasteiger partial charge in [-0.1, -0.05) is 11.2 Å². The first-order valence-corrected chi connectivity index (χ1v) is 7.87. The summed E-state index contributed by atoms with van der Waals surface area (Å²) >= 11 is 1.25. The molecule has 9 nitrogen and oxygen atoms in total. The zero-order valence-electron chi connectivity index (χ0n) is 12.7. The molecule has 0 bridgehead atoms. The van der Waals surface area contributed by atoms with Crippen molar-refractivity contribution >= 4 is 39.2 Å². The predicted octanol–water partition coefficient (Wildman–Crippen LogP) is -3.66. The largest absolute Gasteiger partial charge is 1.00 e. The molecule has 12 heteroatoms. The van der Waals surface area contributed by atoms with Gasteiger partial charge in [-0.15, -0.1) is 11.3 Å². The zero-order valence-corrected chi connectivity index (χ0v) is 15.3. The summed E-state index contributed by atoms with van der Waals surface area (Å²) in [5, 5.41) is 7.66. The minimum absolute atomic E-state index is 0. The van der Waals surface area contributed by atoms with Gasteiger partial charge in [-0.25, -0.2) is 4.31 Å². The molecule has 1 aliphatic rings. The molecule has 0 spiro atoms. The molecule has 1 aliphatic heterocycles. The Hall–Kier alpha value is -0.980. The molecule has 1 atom stereocenters. The van der Waals surface area contributed by atoms with E-state index in [2.05, 4.69) is 15.3 Å². The summed E-state index contributed by atoms with van der Waals surface area (Å²) in [5.74, 6) is -1.58. The van der Waals surface area contributed by atoms with Crippen LogP contribution < -0.4 is 34.9 Å². The first kappa shape index (κ1) is 19.1. The van der Waals surface area contributed by atoms with Crippen LogP contribution >= 0.6 is 11.3 Å². The Kier molecular flexibility index (Phi) is 6.52. The molecule has 1 saturated heterocycles. The average molecular weight is 357 g/mol. The Labute approximate surface area is 154 Å². The van der Waals surface area contributed by atoms with Gasteiger partial charge in [0.15, 0.2) is 5.71 Å². The fourth-order valence-electron chi connectivity index (χ4n) is 1.64. The second-order valence-electron chi connectivity index (χ2n) is 3.97. The summed E-state index contributed by atoms with van der Waals surface area (Å²) in [5.41, 5.74) is -0.0226. The zero-order chi connectivity index (χ0) is 15.6. The molecule has 2 N–H and O–H groups in total. The molecule has 2 heterocycles. The number of rotatable bonds is 5. The first-order valence-electron chi connectivity index (χ1n) is 5.59. The van der Waals surface area contributed by atoms with E-state index < -0.39 is 28.2 Å². The standard InChI is InChI=1S/C10H11N3O6S2.Na.H/c1-19-12-8(7-3-2-4-20-7)9(14)11-6-5-13(10(6)15)21(16,17)18;;/h2-4,6H,5H2,1H3,(H,11,14)(H,16,17,18);;/q;+1;-1. The second kappa shape index (κ2) is 7.53. The first-order chi connectivity index (χ1) is 9.84. The molecule has 2 amide bonds. The summed E-state index contributed by atoms with van der Waals surface area (Å²) in [4.78, 5) is 28.7. The maximum absolute atomic E-state index is 12.0. The third-order valence-electron chi connectivity index (χ3n) is 2.63. The van der Waals surface area contributed by atoms with E-state index >= 15 is 0 Å². The predicted molar refractivity (Wildman–Crippen MR) is 74.2 cm³/mol.